The lowest BCUT2D eigenvalue weighted by molar-refractivity contribution is 0.571. The van der Waals surface area contributed by atoms with E-state index in [1.54, 1.807) is 6.07 Å². The van der Waals surface area contributed by atoms with E-state index in [-0.39, 0.29) is 5.82 Å². The highest BCUT2D eigenvalue weighted by atomic mass is 19.1. The van der Waals surface area contributed by atoms with Crippen molar-refractivity contribution in [2.24, 2.45) is 0 Å². The minimum atomic E-state index is 0.0158. The Hall–Kier alpha value is -0.850. The Morgan fingerprint density at radius 2 is 1.17 bits per heavy atom. The number of hydrogen-bond acceptors (Lipinski definition) is 0. The number of benzene rings is 1. The van der Waals surface area contributed by atoms with Crippen LogP contribution in [-0.4, -0.2) is 0 Å². The van der Waals surface area contributed by atoms with Crippen LogP contribution in [0.1, 0.15) is 102 Å². The molecule has 0 radical (unpaired) electrons. The van der Waals surface area contributed by atoms with Crippen LogP contribution in [0.3, 0.4) is 0 Å². The van der Waals surface area contributed by atoms with Crippen molar-refractivity contribution in [1.82, 2.24) is 0 Å². The Balaban J connectivity index is 2.33. The Kier molecular flexibility index (Phi) is 11.9. The summed E-state index contributed by atoms with van der Waals surface area (Å²) >= 11 is 0. The zero-order valence-corrected chi connectivity index (χ0v) is 15.5. The molecule has 0 aliphatic heterocycles. The minimum absolute atomic E-state index is 0.0158. The average molecular weight is 321 g/mol. The molecule has 23 heavy (non-hydrogen) atoms. The minimum Gasteiger partial charge on any atom is -0.207 e. The molecule has 1 aromatic rings. The maximum absolute atomic E-state index is 14.2. The van der Waals surface area contributed by atoms with Gasteiger partial charge in [0.05, 0.1) is 0 Å². The smallest absolute Gasteiger partial charge is 0.126 e. The van der Waals surface area contributed by atoms with Gasteiger partial charge in [-0.15, -0.1) is 0 Å². The summed E-state index contributed by atoms with van der Waals surface area (Å²) in [6.07, 6.45) is 17.4. The van der Waals surface area contributed by atoms with Gasteiger partial charge in [-0.05, 0) is 42.9 Å². The van der Waals surface area contributed by atoms with Gasteiger partial charge < -0.3 is 0 Å². The lowest BCUT2D eigenvalue weighted by Gasteiger charge is -2.11. The van der Waals surface area contributed by atoms with E-state index in [2.05, 4.69) is 19.9 Å². The van der Waals surface area contributed by atoms with Crippen molar-refractivity contribution < 1.29 is 4.39 Å². The van der Waals surface area contributed by atoms with Crippen molar-refractivity contribution in [3.05, 3.63) is 35.1 Å². The fourth-order valence-electron chi connectivity index (χ4n) is 3.30. The first kappa shape index (κ1) is 20.2. The van der Waals surface area contributed by atoms with Gasteiger partial charge in [-0.1, -0.05) is 90.2 Å². The van der Waals surface area contributed by atoms with Crippen LogP contribution in [0.4, 0.5) is 4.39 Å². The van der Waals surface area contributed by atoms with Crippen molar-refractivity contribution in [2.75, 3.05) is 0 Å². The van der Waals surface area contributed by atoms with Crippen LogP contribution >= 0.6 is 0 Å². The van der Waals surface area contributed by atoms with Crippen LogP contribution in [0.25, 0.3) is 0 Å². The third-order valence-electron chi connectivity index (χ3n) is 4.80. The highest BCUT2D eigenvalue weighted by Crippen LogP contribution is 2.20. The van der Waals surface area contributed by atoms with Crippen LogP contribution in [-0.2, 0) is 12.8 Å². The molecule has 0 bridgehead atoms. The summed E-state index contributed by atoms with van der Waals surface area (Å²) in [7, 11) is 0. The van der Waals surface area contributed by atoms with E-state index in [4.69, 9.17) is 0 Å². The van der Waals surface area contributed by atoms with Gasteiger partial charge in [0.1, 0.15) is 5.82 Å². The van der Waals surface area contributed by atoms with Crippen LogP contribution in [0, 0.1) is 5.82 Å². The van der Waals surface area contributed by atoms with Crippen molar-refractivity contribution in [1.29, 1.82) is 0 Å². The highest BCUT2D eigenvalue weighted by molar-refractivity contribution is 5.29. The monoisotopic (exact) mass is 320 g/mol. The van der Waals surface area contributed by atoms with Crippen LogP contribution in [0.15, 0.2) is 18.2 Å². The van der Waals surface area contributed by atoms with E-state index >= 15 is 0 Å². The third-order valence-corrected chi connectivity index (χ3v) is 4.80. The van der Waals surface area contributed by atoms with Gasteiger partial charge in [0.15, 0.2) is 0 Å². The Bertz CT molecular complexity index is 397. The first-order chi connectivity index (χ1) is 11.3. The highest BCUT2D eigenvalue weighted by Gasteiger charge is 2.08. The summed E-state index contributed by atoms with van der Waals surface area (Å²) in [6.45, 7) is 4.50. The van der Waals surface area contributed by atoms with E-state index in [9.17, 15) is 4.39 Å². The normalized spacial score (nSPS) is 11.1. The average Bonchev–Trinajstić information content (AvgIpc) is 2.56. The standard InChI is InChI=1S/C22H37F/c1-3-5-7-9-11-13-16-20-17-15-19-22(23)21(20)18-14-12-10-8-6-4-2/h15,17,19H,3-14,16,18H2,1-2H3. The van der Waals surface area contributed by atoms with Crippen LogP contribution in [0.2, 0.25) is 0 Å². The molecule has 1 heteroatoms. The van der Waals surface area contributed by atoms with Gasteiger partial charge in [0, 0.05) is 0 Å². The Morgan fingerprint density at radius 3 is 1.78 bits per heavy atom. The molecule has 0 aromatic heterocycles. The largest absolute Gasteiger partial charge is 0.207 e. The molecule has 0 fully saturated rings. The van der Waals surface area contributed by atoms with Crippen LogP contribution < -0.4 is 0 Å². The summed E-state index contributed by atoms with van der Waals surface area (Å²) in [4.78, 5) is 0. The second-order valence-corrected chi connectivity index (χ2v) is 6.91. The molecule has 0 saturated heterocycles. The summed E-state index contributed by atoms with van der Waals surface area (Å²) in [5, 5.41) is 0. The van der Waals surface area contributed by atoms with Crippen LogP contribution in [0.5, 0.6) is 0 Å². The van der Waals surface area contributed by atoms with Gasteiger partial charge in [-0.25, -0.2) is 4.39 Å². The molecular formula is C22H37F. The lowest BCUT2D eigenvalue weighted by Crippen LogP contribution is -1.99. The molecule has 0 atom stereocenters. The maximum atomic E-state index is 14.2. The molecule has 0 N–H and O–H groups in total. The van der Waals surface area contributed by atoms with Crippen molar-refractivity contribution >= 4 is 0 Å². The predicted octanol–water partition coefficient (Wildman–Crippen LogP) is 7.63. The molecule has 132 valence electrons. The fourth-order valence-corrected chi connectivity index (χ4v) is 3.30. The van der Waals surface area contributed by atoms with E-state index in [0.717, 1.165) is 24.8 Å². The molecule has 0 saturated carbocycles. The van der Waals surface area contributed by atoms with Gasteiger partial charge in [0.2, 0.25) is 0 Å². The molecule has 0 nitrogen and oxygen atoms in total. The molecule has 0 unspecified atom stereocenters. The van der Waals surface area contributed by atoms with Crippen molar-refractivity contribution in [3.8, 4) is 0 Å². The number of hydrogen-bond donors (Lipinski definition) is 0. The molecule has 0 aliphatic rings. The lowest BCUT2D eigenvalue weighted by atomic mass is 9.96. The molecule has 0 heterocycles. The number of rotatable bonds is 14. The van der Waals surface area contributed by atoms with Gasteiger partial charge in [-0.3, -0.25) is 0 Å². The molecule has 0 spiro atoms. The number of aryl methyl sites for hydroxylation is 1. The second-order valence-electron chi connectivity index (χ2n) is 6.91. The molecule has 0 aliphatic carbocycles. The summed E-state index contributed by atoms with van der Waals surface area (Å²) < 4.78 is 14.2. The zero-order chi connectivity index (χ0) is 16.8. The van der Waals surface area contributed by atoms with Gasteiger partial charge in [-0.2, -0.15) is 0 Å². The van der Waals surface area contributed by atoms with E-state index in [1.165, 1.54) is 76.2 Å². The Labute approximate surface area is 143 Å². The second kappa shape index (κ2) is 13.6. The van der Waals surface area contributed by atoms with Crippen molar-refractivity contribution in [2.45, 2.75) is 104 Å². The fraction of sp³-hybridized carbons (Fsp3) is 0.727. The quantitative estimate of drug-likeness (QED) is 0.309. The molecular weight excluding hydrogens is 283 g/mol. The first-order valence-corrected chi connectivity index (χ1v) is 10.1. The summed E-state index contributed by atoms with van der Waals surface area (Å²) in [5.74, 6) is 0.0158. The Morgan fingerprint density at radius 1 is 0.652 bits per heavy atom. The molecule has 1 aromatic carbocycles. The SMILES string of the molecule is CCCCCCCCc1cccc(F)c1CCCCCCCC. The topological polar surface area (TPSA) is 0 Å². The first-order valence-electron chi connectivity index (χ1n) is 10.1. The van der Waals surface area contributed by atoms with E-state index < -0.39 is 0 Å². The zero-order valence-electron chi connectivity index (χ0n) is 15.5. The molecule has 0 amide bonds. The maximum Gasteiger partial charge on any atom is 0.126 e. The van der Waals surface area contributed by atoms with Crippen molar-refractivity contribution in [3.63, 3.8) is 0 Å². The van der Waals surface area contributed by atoms with Gasteiger partial charge >= 0.3 is 0 Å². The summed E-state index contributed by atoms with van der Waals surface area (Å²) in [5.41, 5.74) is 2.26. The third kappa shape index (κ3) is 9.13. The number of unbranched alkanes of at least 4 members (excludes halogenated alkanes) is 10. The van der Waals surface area contributed by atoms with Gasteiger partial charge in [0.25, 0.3) is 0 Å². The summed E-state index contributed by atoms with van der Waals surface area (Å²) in [6, 6.07) is 5.66. The predicted molar refractivity (Wildman–Crippen MR) is 101 cm³/mol. The number of halogens is 1. The van der Waals surface area contributed by atoms with E-state index in [0.29, 0.717) is 0 Å². The molecule has 1 rings (SSSR count). The van der Waals surface area contributed by atoms with E-state index in [1.807, 2.05) is 6.07 Å².